The summed E-state index contributed by atoms with van der Waals surface area (Å²) in [6.07, 6.45) is 8.18. The van der Waals surface area contributed by atoms with Gasteiger partial charge in [0, 0.05) is 31.9 Å². The van der Waals surface area contributed by atoms with E-state index in [4.69, 9.17) is 0 Å². The van der Waals surface area contributed by atoms with Crippen LogP contribution >= 0.6 is 12.4 Å². The van der Waals surface area contributed by atoms with Crippen LogP contribution < -0.4 is 4.90 Å². The number of nitrogens with zero attached hydrogens (tertiary/aromatic N) is 2. The van der Waals surface area contributed by atoms with Crippen molar-refractivity contribution in [1.82, 2.24) is 4.90 Å². The first kappa shape index (κ1) is 22.6. The number of anilines is 1. The summed E-state index contributed by atoms with van der Waals surface area (Å²) in [4.78, 5) is 5.31. The van der Waals surface area contributed by atoms with E-state index in [1.165, 1.54) is 76.9 Å². The smallest absolute Gasteiger partial charge is 0.0402 e. The van der Waals surface area contributed by atoms with Gasteiger partial charge in [-0.3, -0.25) is 4.90 Å². The van der Waals surface area contributed by atoms with Crippen molar-refractivity contribution in [3.63, 3.8) is 0 Å². The second-order valence-electron chi connectivity index (χ2n) is 9.66. The highest BCUT2D eigenvalue weighted by atomic mass is 35.5. The van der Waals surface area contributed by atoms with Crippen LogP contribution in [-0.2, 0) is 0 Å². The van der Waals surface area contributed by atoms with Crippen LogP contribution in [-0.4, -0.2) is 37.6 Å². The molecule has 3 heteroatoms. The summed E-state index contributed by atoms with van der Waals surface area (Å²) in [5, 5.41) is 0. The fourth-order valence-corrected chi connectivity index (χ4v) is 4.99. The maximum atomic E-state index is 2.66. The van der Waals surface area contributed by atoms with E-state index >= 15 is 0 Å². The molecule has 154 valence electrons. The molecule has 0 spiro atoms. The molecule has 0 amide bonds. The highest BCUT2D eigenvalue weighted by Gasteiger charge is 2.31. The van der Waals surface area contributed by atoms with E-state index in [0.29, 0.717) is 5.41 Å². The number of halogens is 1. The predicted molar refractivity (Wildman–Crippen MR) is 121 cm³/mol. The molecule has 1 aromatic carbocycles. The first-order valence-corrected chi connectivity index (χ1v) is 11.0. The summed E-state index contributed by atoms with van der Waals surface area (Å²) in [5.74, 6) is 1.66. The number of benzene rings is 1. The van der Waals surface area contributed by atoms with Crippen LogP contribution in [0, 0.1) is 11.3 Å². The second kappa shape index (κ2) is 10.2. The minimum absolute atomic E-state index is 0. The zero-order valence-electron chi connectivity index (χ0n) is 18.0. The van der Waals surface area contributed by atoms with Gasteiger partial charge >= 0.3 is 0 Å². The SMILES string of the molecule is CCCCN1CCN(c2ccccc2C2CCC(C(C)(C)C)CC2)CC1.Cl. The zero-order valence-corrected chi connectivity index (χ0v) is 18.9. The third kappa shape index (κ3) is 5.87. The summed E-state index contributed by atoms with van der Waals surface area (Å²) < 4.78 is 0. The average molecular weight is 393 g/mol. The minimum atomic E-state index is 0. The molecule has 2 fully saturated rings. The lowest BCUT2D eigenvalue weighted by Crippen LogP contribution is -2.47. The van der Waals surface area contributed by atoms with Crippen molar-refractivity contribution < 1.29 is 0 Å². The molecule has 1 saturated carbocycles. The lowest BCUT2D eigenvalue weighted by atomic mass is 9.68. The summed E-state index contributed by atoms with van der Waals surface area (Å²) in [6, 6.07) is 9.29. The molecule has 1 saturated heterocycles. The van der Waals surface area contributed by atoms with E-state index in [0.717, 1.165) is 11.8 Å². The number of para-hydroxylation sites is 1. The lowest BCUT2D eigenvalue weighted by Gasteiger charge is -2.40. The van der Waals surface area contributed by atoms with Gasteiger partial charge in [-0.15, -0.1) is 12.4 Å². The van der Waals surface area contributed by atoms with E-state index in [1.54, 1.807) is 5.56 Å². The Labute approximate surface area is 174 Å². The Balaban J connectivity index is 0.00000261. The maximum Gasteiger partial charge on any atom is 0.0402 e. The first-order chi connectivity index (χ1) is 12.5. The van der Waals surface area contributed by atoms with E-state index in [2.05, 4.69) is 61.8 Å². The minimum Gasteiger partial charge on any atom is -0.369 e. The quantitative estimate of drug-likeness (QED) is 0.575. The number of hydrogen-bond acceptors (Lipinski definition) is 2. The molecule has 2 aliphatic rings. The molecular weight excluding hydrogens is 352 g/mol. The van der Waals surface area contributed by atoms with Crippen molar-refractivity contribution >= 4 is 18.1 Å². The highest BCUT2D eigenvalue weighted by molar-refractivity contribution is 5.85. The third-order valence-corrected chi connectivity index (χ3v) is 6.87. The summed E-state index contributed by atoms with van der Waals surface area (Å²) in [6.45, 7) is 15.7. The highest BCUT2D eigenvalue weighted by Crippen LogP contribution is 2.45. The van der Waals surface area contributed by atoms with Gasteiger partial charge in [0.2, 0.25) is 0 Å². The average Bonchev–Trinajstić information content (AvgIpc) is 2.66. The van der Waals surface area contributed by atoms with Gasteiger partial charge in [-0.1, -0.05) is 52.3 Å². The summed E-state index contributed by atoms with van der Waals surface area (Å²) in [7, 11) is 0. The van der Waals surface area contributed by atoms with Gasteiger partial charge in [-0.2, -0.15) is 0 Å². The Morgan fingerprint density at radius 1 is 0.926 bits per heavy atom. The van der Waals surface area contributed by atoms with E-state index in [9.17, 15) is 0 Å². The van der Waals surface area contributed by atoms with Crippen LogP contribution in [0.2, 0.25) is 0 Å². The third-order valence-electron chi connectivity index (χ3n) is 6.87. The Bertz CT molecular complexity index is 550. The van der Waals surface area contributed by atoms with Gasteiger partial charge < -0.3 is 4.90 Å². The number of unbranched alkanes of at least 4 members (excludes halogenated alkanes) is 1. The standard InChI is InChI=1S/C24H40N2.ClH/c1-5-6-15-25-16-18-26(19-17-25)23-10-8-7-9-22(23)20-11-13-21(14-12-20)24(2,3)4;/h7-10,20-21H,5-6,11-19H2,1-4H3;1H. The number of rotatable bonds is 5. The molecule has 0 atom stereocenters. The van der Waals surface area contributed by atoms with Crippen LogP contribution in [0.25, 0.3) is 0 Å². The molecule has 0 aromatic heterocycles. The monoisotopic (exact) mass is 392 g/mol. The lowest BCUT2D eigenvalue weighted by molar-refractivity contribution is 0.169. The van der Waals surface area contributed by atoms with Crippen LogP contribution in [0.4, 0.5) is 5.69 Å². The molecular formula is C24H41ClN2. The first-order valence-electron chi connectivity index (χ1n) is 11.0. The van der Waals surface area contributed by atoms with E-state index < -0.39 is 0 Å². The van der Waals surface area contributed by atoms with E-state index in [1.807, 2.05) is 0 Å². The van der Waals surface area contributed by atoms with Gasteiger partial charge in [0.05, 0.1) is 0 Å². The van der Waals surface area contributed by atoms with Crippen molar-refractivity contribution in [3.05, 3.63) is 29.8 Å². The van der Waals surface area contributed by atoms with Crippen LogP contribution in [0.1, 0.15) is 77.7 Å². The normalized spacial score (nSPS) is 24.5. The molecule has 1 aliphatic carbocycles. The fourth-order valence-electron chi connectivity index (χ4n) is 4.99. The van der Waals surface area contributed by atoms with Crippen molar-refractivity contribution in [2.45, 2.75) is 72.1 Å². The van der Waals surface area contributed by atoms with Crippen LogP contribution in [0.15, 0.2) is 24.3 Å². The van der Waals surface area contributed by atoms with Gasteiger partial charge in [0.1, 0.15) is 0 Å². The number of hydrogen-bond donors (Lipinski definition) is 0. The van der Waals surface area contributed by atoms with Crippen molar-refractivity contribution in [3.8, 4) is 0 Å². The molecule has 0 N–H and O–H groups in total. The Morgan fingerprint density at radius 2 is 1.56 bits per heavy atom. The van der Waals surface area contributed by atoms with E-state index in [-0.39, 0.29) is 12.4 Å². The molecule has 1 heterocycles. The molecule has 3 rings (SSSR count). The number of piperazine rings is 1. The van der Waals surface area contributed by atoms with Gasteiger partial charge in [-0.25, -0.2) is 0 Å². The van der Waals surface area contributed by atoms with Crippen molar-refractivity contribution in [2.24, 2.45) is 11.3 Å². The second-order valence-corrected chi connectivity index (χ2v) is 9.66. The molecule has 0 radical (unpaired) electrons. The predicted octanol–water partition coefficient (Wildman–Crippen LogP) is 6.35. The molecule has 27 heavy (non-hydrogen) atoms. The fraction of sp³-hybridized carbons (Fsp3) is 0.750. The molecule has 0 bridgehead atoms. The van der Waals surface area contributed by atoms with Crippen LogP contribution in [0.5, 0.6) is 0 Å². The topological polar surface area (TPSA) is 6.48 Å². The van der Waals surface area contributed by atoms with Crippen molar-refractivity contribution in [2.75, 3.05) is 37.6 Å². The van der Waals surface area contributed by atoms with Gasteiger partial charge in [0.15, 0.2) is 0 Å². The zero-order chi connectivity index (χ0) is 18.6. The van der Waals surface area contributed by atoms with Crippen molar-refractivity contribution in [1.29, 1.82) is 0 Å². The summed E-state index contributed by atoms with van der Waals surface area (Å²) >= 11 is 0. The molecule has 2 nitrogen and oxygen atoms in total. The van der Waals surface area contributed by atoms with Crippen LogP contribution in [0.3, 0.4) is 0 Å². The summed E-state index contributed by atoms with van der Waals surface area (Å²) in [5.41, 5.74) is 3.63. The Hall–Kier alpha value is -0.730. The largest absolute Gasteiger partial charge is 0.369 e. The Kier molecular flexibility index (Phi) is 8.49. The Morgan fingerprint density at radius 3 is 2.15 bits per heavy atom. The molecule has 1 aromatic rings. The maximum absolute atomic E-state index is 2.66. The molecule has 0 unspecified atom stereocenters. The van der Waals surface area contributed by atoms with Gasteiger partial charge in [0.25, 0.3) is 0 Å². The molecule has 1 aliphatic heterocycles. The van der Waals surface area contributed by atoms with Gasteiger partial charge in [-0.05, 0) is 67.5 Å².